The fraction of sp³-hybridized carbons (Fsp3) is 0.333. The lowest BCUT2D eigenvalue weighted by molar-refractivity contribution is 0.101. The van der Waals surface area contributed by atoms with Crippen molar-refractivity contribution in [3.8, 4) is 16.9 Å². The monoisotopic (exact) mass is 259 g/mol. The summed E-state index contributed by atoms with van der Waals surface area (Å²) in [7, 11) is 0. The van der Waals surface area contributed by atoms with Crippen molar-refractivity contribution < 1.29 is 14.1 Å². The number of aryl methyl sites for hydroxylation is 2. The largest absolute Gasteiger partial charge is 0.494 e. The molecule has 1 aromatic heterocycles. The number of benzene rings is 1. The molecule has 0 aliphatic carbocycles. The van der Waals surface area contributed by atoms with Crippen LogP contribution in [0.4, 0.5) is 0 Å². The highest BCUT2D eigenvalue weighted by Crippen LogP contribution is 2.31. The van der Waals surface area contributed by atoms with Crippen molar-refractivity contribution in [1.82, 2.24) is 5.16 Å². The van der Waals surface area contributed by atoms with E-state index in [4.69, 9.17) is 9.26 Å². The molecular formula is C15H17NO3. The molecule has 0 amide bonds. The molecule has 0 N–H and O–H groups in total. The van der Waals surface area contributed by atoms with Gasteiger partial charge in [0.25, 0.3) is 0 Å². The Hall–Kier alpha value is -2.10. The van der Waals surface area contributed by atoms with Gasteiger partial charge in [0.05, 0.1) is 12.3 Å². The summed E-state index contributed by atoms with van der Waals surface area (Å²) < 4.78 is 10.7. The quantitative estimate of drug-likeness (QED) is 0.788. The second-order valence-corrected chi connectivity index (χ2v) is 4.43. The molecule has 0 unspecified atom stereocenters. The number of ketones is 1. The topological polar surface area (TPSA) is 52.3 Å². The lowest BCUT2D eigenvalue weighted by Crippen LogP contribution is -1.98. The van der Waals surface area contributed by atoms with E-state index in [9.17, 15) is 4.79 Å². The number of hydrogen-bond donors (Lipinski definition) is 0. The average Bonchev–Trinajstić information content (AvgIpc) is 2.69. The Bertz CT molecular complexity index is 594. The predicted octanol–water partition coefficient (Wildman–Crippen LogP) is 3.56. The first-order valence-electron chi connectivity index (χ1n) is 6.25. The van der Waals surface area contributed by atoms with Crippen LogP contribution in [0.1, 0.15) is 35.7 Å². The Kier molecular flexibility index (Phi) is 3.69. The Morgan fingerprint density at radius 2 is 2.05 bits per heavy atom. The predicted molar refractivity (Wildman–Crippen MR) is 72.6 cm³/mol. The van der Waals surface area contributed by atoms with Crippen molar-refractivity contribution in [2.75, 3.05) is 6.61 Å². The standard InChI is InChI=1S/C15H17NO3/c1-5-18-14-7-12(10(3)17)6-13(8-14)15-9(2)16-19-11(15)4/h6-8H,5H2,1-4H3. The maximum atomic E-state index is 11.6. The van der Waals surface area contributed by atoms with Crippen molar-refractivity contribution in [1.29, 1.82) is 0 Å². The van der Waals surface area contributed by atoms with E-state index in [1.54, 1.807) is 13.0 Å². The lowest BCUT2D eigenvalue weighted by Gasteiger charge is -2.08. The van der Waals surface area contributed by atoms with Crippen LogP contribution in [0.2, 0.25) is 0 Å². The minimum Gasteiger partial charge on any atom is -0.494 e. The van der Waals surface area contributed by atoms with Crippen LogP contribution < -0.4 is 4.74 Å². The number of carbonyl (C=O) groups is 1. The number of hydrogen-bond acceptors (Lipinski definition) is 4. The van der Waals surface area contributed by atoms with E-state index in [1.807, 2.05) is 32.9 Å². The first-order chi connectivity index (χ1) is 9.02. The van der Waals surface area contributed by atoms with Gasteiger partial charge < -0.3 is 9.26 Å². The maximum absolute atomic E-state index is 11.6. The molecule has 4 nitrogen and oxygen atoms in total. The molecule has 0 bridgehead atoms. The highest BCUT2D eigenvalue weighted by atomic mass is 16.5. The third kappa shape index (κ3) is 2.67. The molecule has 1 heterocycles. The van der Waals surface area contributed by atoms with E-state index < -0.39 is 0 Å². The van der Waals surface area contributed by atoms with Crippen LogP contribution in [0.25, 0.3) is 11.1 Å². The number of Topliss-reactive ketones (excluding diaryl/α,β-unsaturated/α-hetero) is 1. The molecule has 19 heavy (non-hydrogen) atoms. The van der Waals surface area contributed by atoms with Gasteiger partial charge in [-0.1, -0.05) is 5.16 Å². The normalized spacial score (nSPS) is 10.5. The Morgan fingerprint density at radius 3 is 2.58 bits per heavy atom. The highest BCUT2D eigenvalue weighted by molar-refractivity contribution is 5.96. The zero-order chi connectivity index (χ0) is 14.0. The molecule has 2 aromatic rings. The van der Waals surface area contributed by atoms with Gasteiger partial charge in [-0.2, -0.15) is 0 Å². The fourth-order valence-corrected chi connectivity index (χ4v) is 2.09. The van der Waals surface area contributed by atoms with Gasteiger partial charge in [0.1, 0.15) is 11.5 Å². The van der Waals surface area contributed by atoms with Crippen LogP contribution in [0, 0.1) is 13.8 Å². The molecule has 0 saturated carbocycles. The van der Waals surface area contributed by atoms with Gasteiger partial charge in [-0.15, -0.1) is 0 Å². The second-order valence-electron chi connectivity index (χ2n) is 4.43. The molecule has 0 saturated heterocycles. The van der Waals surface area contributed by atoms with Crippen molar-refractivity contribution >= 4 is 5.78 Å². The van der Waals surface area contributed by atoms with E-state index in [-0.39, 0.29) is 5.78 Å². The first kappa shape index (κ1) is 13.3. The summed E-state index contributed by atoms with van der Waals surface area (Å²) in [5.41, 5.74) is 3.25. The SMILES string of the molecule is CCOc1cc(C(C)=O)cc(-c2c(C)noc2C)c1. The van der Waals surface area contributed by atoms with Crippen LogP contribution >= 0.6 is 0 Å². The Labute approximate surface area is 112 Å². The van der Waals surface area contributed by atoms with Crippen molar-refractivity contribution in [2.24, 2.45) is 0 Å². The number of aromatic nitrogens is 1. The third-order valence-electron chi connectivity index (χ3n) is 2.95. The van der Waals surface area contributed by atoms with Crippen molar-refractivity contribution in [3.63, 3.8) is 0 Å². The van der Waals surface area contributed by atoms with Gasteiger partial charge in [-0.3, -0.25) is 4.79 Å². The van der Waals surface area contributed by atoms with Gasteiger partial charge in [-0.25, -0.2) is 0 Å². The fourth-order valence-electron chi connectivity index (χ4n) is 2.09. The van der Waals surface area contributed by atoms with Crippen molar-refractivity contribution in [2.45, 2.75) is 27.7 Å². The number of rotatable bonds is 4. The third-order valence-corrected chi connectivity index (χ3v) is 2.95. The van der Waals surface area contributed by atoms with E-state index in [1.165, 1.54) is 0 Å². The molecule has 0 fully saturated rings. The van der Waals surface area contributed by atoms with Crippen LogP contribution in [-0.2, 0) is 0 Å². The van der Waals surface area contributed by atoms with Gasteiger partial charge in [0.2, 0.25) is 0 Å². The van der Waals surface area contributed by atoms with E-state index in [0.717, 1.165) is 22.6 Å². The summed E-state index contributed by atoms with van der Waals surface area (Å²) in [6, 6.07) is 5.51. The number of nitrogens with zero attached hydrogens (tertiary/aromatic N) is 1. The summed E-state index contributed by atoms with van der Waals surface area (Å²) in [5, 5.41) is 3.94. The summed E-state index contributed by atoms with van der Waals surface area (Å²) in [6.45, 7) is 7.75. The maximum Gasteiger partial charge on any atom is 0.159 e. The highest BCUT2D eigenvalue weighted by Gasteiger charge is 2.14. The summed E-state index contributed by atoms with van der Waals surface area (Å²) in [6.07, 6.45) is 0. The van der Waals surface area contributed by atoms with Crippen LogP contribution in [0.3, 0.4) is 0 Å². The number of ether oxygens (including phenoxy) is 1. The minimum absolute atomic E-state index is 0.00885. The van der Waals surface area contributed by atoms with E-state index in [0.29, 0.717) is 17.9 Å². The zero-order valence-electron chi connectivity index (χ0n) is 11.6. The Balaban J connectivity index is 2.59. The molecule has 0 aliphatic rings. The molecule has 0 spiro atoms. The second kappa shape index (κ2) is 5.26. The lowest BCUT2D eigenvalue weighted by atomic mass is 10.00. The molecule has 0 aliphatic heterocycles. The van der Waals surface area contributed by atoms with E-state index >= 15 is 0 Å². The molecule has 0 atom stereocenters. The van der Waals surface area contributed by atoms with Crippen LogP contribution in [0.15, 0.2) is 22.7 Å². The van der Waals surface area contributed by atoms with Gasteiger partial charge >= 0.3 is 0 Å². The van der Waals surface area contributed by atoms with Gasteiger partial charge in [-0.05, 0) is 51.5 Å². The number of carbonyl (C=O) groups excluding carboxylic acids is 1. The van der Waals surface area contributed by atoms with Gasteiger partial charge in [0, 0.05) is 11.1 Å². The van der Waals surface area contributed by atoms with Crippen LogP contribution in [-0.4, -0.2) is 17.5 Å². The minimum atomic E-state index is 0.00885. The molecule has 2 rings (SSSR count). The molecule has 100 valence electrons. The summed E-state index contributed by atoms with van der Waals surface area (Å²) >= 11 is 0. The molecule has 1 aromatic carbocycles. The Morgan fingerprint density at radius 1 is 1.32 bits per heavy atom. The molecule has 4 heteroatoms. The van der Waals surface area contributed by atoms with Crippen molar-refractivity contribution in [3.05, 3.63) is 35.2 Å². The van der Waals surface area contributed by atoms with E-state index in [2.05, 4.69) is 5.16 Å². The summed E-state index contributed by atoms with van der Waals surface area (Å²) in [5.74, 6) is 1.43. The molecular weight excluding hydrogens is 242 g/mol. The summed E-state index contributed by atoms with van der Waals surface area (Å²) in [4.78, 5) is 11.6. The molecule has 0 radical (unpaired) electrons. The average molecular weight is 259 g/mol. The smallest absolute Gasteiger partial charge is 0.159 e. The first-order valence-corrected chi connectivity index (χ1v) is 6.25. The van der Waals surface area contributed by atoms with Gasteiger partial charge in [0.15, 0.2) is 5.78 Å². The van der Waals surface area contributed by atoms with Crippen LogP contribution in [0.5, 0.6) is 5.75 Å². The zero-order valence-corrected chi connectivity index (χ0v) is 11.6.